The van der Waals surface area contributed by atoms with Crippen molar-refractivity contribution in [3.63, 3.8) is 0 Å². The second-order valence-electron chi connectivity index (χ2n) is 9.06. The van der Waals surface area contributed by atoms with Crippen molar-refractivity contribution in [1.82, 2.24) is 9.97 Å². The highest BCUT2D eigenvalue weighted by atomic mass is 16.5. The van der Waals surface area contributed by atoms with Crippen LogP contribution in [-0.2, 0) is 4.74 Å². The van der Waals surface area contributed by atoms with E-state index in [9.17, 15) is 0 Å². The molecule has 0 saturated carbocycles. The zero-order chi connectivity index (χ0) is 28.5. The summed E-state index contributed by atoms with van der Waals surface area (Å²) in [5.41, 5.74) is 4.85. The van der Waals surface area contributed by atoms with E-state index >= 15 is 0 Å². The van der Waals surface area contributed by atoms with Crippen LogP contribution in [0.4, 0.5) is 5.82 Å². The predicted octanol–water partition coefficient (Wildman–Crippen LogP) is 7.38. The molecule has 1 aromatic carbocycles. The number of benzene rings is 1. The second-order valence-corrected chi connectivity index (χ2v) is 9.06. The van der Waals surface area contributed by atoms with E-state index in [4.69, 9.17) is 9.47 Å². The average Bonchev–Trinajstić information content (AvgIpc) is 2.98. The molecule has 7 heteroatoms. The number of fused-ring (bicyclic) bond motifs is 1. The molecule has 0 radical (unpaired) electrons. The summed E-state index contributed by atoms with van der Waals surface area (Å²) in [5.74, 6) is 1.53. The third-order valence-corrected chi connectivity index (χ3v) is 6.25. The van der Waals surface area contributed by atoms with Crippen LogP contribution in [0.25, 0.3) is 10.9 Å². The first-order valence-corrected chi connectivity index (χ1v) is 14.3. The maximum absolute atomic E-state index is 6.51. The van der Waals surface area contributed by atoms with Crippen molar-refractivity contribution >= 4 is 28.1 Å². The van der Waals surface area contributed by atoms with E-state index in [2.05, 4.69) is 75.6 Å². The van der Waals surface area contributed by atoms with Gasteiger partial charge in [0.1, 0.15) is 29.5 Å². The number of allylic oxidation sites excluding steroid dienone is 4. The van der Waals surface area contributed by atoms with Crippen LogP contribution in [0.3, 0.4) is 0 Å². The minimum absolute atomic E-state index is 0.101. The van der Waals surface area contributed by atoms with E-state index in [1.807, 2.05) is 33.9 Å². The van der Waals surface area contributed by atoms with Crippen LogP contribution < -0.4 is 10.1 Å². The monoisotopic (exact) mass is 533 g/mol. The van der Waals surface area contributed by atoms with Crippen molar-refractivity contribution in [1.29, 1.82) is 0 Å². The molecule has 1 saturated heterocycles. The van der Waals surface area contributed by atoms with Crippen molar-refractivity contribution in [3.05, 3.63) is 60.0 Å². The molecule has 39 heavy (non-hydrogen) atoms. The van der Waals surface area contributed by atoms with Crippen molar-refractivity contribution < 1.29 is 9.47 Å². The summed E-state index contributed by atoms with van der Waals surface area (Å²) in [6.45, 7) is 12.4. The fraction of sp³-hybridized carbons (Fsp3) is 0.500. The smallest absolute Gasteiger partial charge is 0.146 e. The third-order valence-electron chi connectivity index (χ3n) is 6.25. The van der Waals surface area contributed by atoms with Gasteiger partial charge in [-0.05, 0) is 49.6 Å². The zero-order valence-electron chi connectivity index (χ0n) is 25.0. The number of anilines is 1. The Balaban J connectivity index is 0.00000260. The van der Waals surface area contributed by atoms with Gasteiger partial charge in [0.2, 0.25) is 0 Å². The lowest BCUT2D eigenvalue weighted by Crippen LogP contribution is -2.26. The minimum Gasteiger partial charge on any atom is -0.488 e. The Bertz CT molecular complexity index is 1170. The van der Waals surface area contributed by atoms with Crippen LogP contribution in [0.15, 0.2) is 64.4 Å². The normalized spacial score (nSPS) is 15.6. The quantitative estimate of drug-likeness (QED) is 0.227. The molecule has 0 amide bonds. The number of unbranched alkanes of at least 4 members (excludes halogenated alkanes) is 1. The van der Waals surface area contributed by atoms with Crippen molar-refractivity contribution in [2.75, 3.05) is 39.2 Å². The average molecular weight is 534 g/mol. The van der Waals surface area contributed by atoms with E-state index in [0.29, 0.717) is 19.8 Å². The number of aromatic nitrogens is 2. The number of rotatable bonds is 12. The number of aliphatic imine (C=N–C) groups is 2. The molecule has 3 rings (SSSR count). The maximum atomic E-state index is 6.51. The summed E-state index contributed by atoms with van der Waals surface area (Å²) < 4.78 is 12.0. The van der Waals surface area contributed by atoms with Gasteiger partial charge in [0.15, 0.2) is 0 Å². The lowest BCUT2D eigenvalue weighted by molar-refractivity contribution is 0.0261. The predicted molar refractivity (Wildman–Crippen MR) is 167 cm³/mol. The molecular weight excluding hydrogens is 486 g/mol. The highest BCUT2D eigenvalue weighted by Gasteiger charge is 2.19. The standard InChI is InChI=1S/C30H41N5O2.C2H6/c1-6-8-9-11-27(32-5)24-18-26-29(28(19-24)37-25-14-16-36-17-15-25)34-21-35-30(26)33-20-23(10-7-2)13-12-22(3)31-4;1-2/h9-13,18-19,21,25H,6-8,14-17,20H2,1-5H3,(H,33,34,35);1-2H3/b11-9-,13-12-,23-10-,31-22?,32-27?;. The van der Waals surface area contributed by atoms with Gasteiger partial charge in [-0.25, -0.2) is 9.97 Å². The van der Waals surface area contributed by atoms with Crippen LogP contribution in [-0.4, -0.2) is 61.3 Å². The van der Waals surface area contributed by atoms with Crippen molar-refractivity contribution in [3.8, 4) is 5.75 Å². The summed E-state index contributed by atoms with van der Waals surface area (Å²) in [7, 11) is 3.63. The van der Waals surface area contributed by atoms with E-state index in [0.717, 1.165) is 71.6 Å². The van der Waals surface area contributed by atoms with Gasteiger partial charge in [0, 0.05) is 50.1 Å². The Hall–Kier alpha value is -3.32. The summed E-state index contributed by atoms with van der Waals surface area (Å²) in [6.07, 6.45) is 17.1. The van der Waals surface area contributed by atoms with Gasteiger partial charge in [-0.3, -0.25) is 9.98 Å². The van der Waals surface area contributed by atoms with Crippen LogP contribution in [0, 0.1) is 0 Å². The fourth-order valence-electron chi connectivity index (χ4n) is 4.10. The molecule has 0 aliphatic carbocycles. The largest absolute Gasteiger partial charge is 0.488 e. The molecule has 1 aliphatic heterocycles. The molecule has 7 nitrogen and oxygen atoms in total. The van der Waals surface area contributed by atoms with E-state index < -0.39 is 0 Å². The van der Waals surface area contributed by atoms with Gasteiger partial charge in [-0.2, -0.15) is 0 Å². The molecule has 212 valence electrons. The van der Waals surface area contributed by atoms with Gasteiger partial charge in [0.05, 0.1) is 18.9 Å². The Morgan fingerprint density at radius 2 is 1.85 bits per heavy atom. The molecule has 0 bridgehead atoms. The number of ether oxygens (including phenoxy) is 2. The molecule has 0 spiro atoms. The number of hydrogen-bond acceptors (Lipinski definition) is 7. The number of nitrogens with zero attached hydrogens (tertiary/aromatic N) is 4. The first-order valence-electron chi connectivity index (χ1n) is 14.3. The van der Waals surface area contributed by atoms with Crippen molar-refractivity contribution in [2.45, 2.75) is 72.8 Å². The number of nitrogens with one attached hydrogen (secondary N) is 1. The molecule has 1 aromatic heterocycles. The molecule has 2 aromatic rings. The Labute approximate surface area is 235 Å². The SMILES string of the molecule is CC.CC/C=C(/C=C\C(C)=NC)CNc1ncnc2c(OC3CCOCC3)cc(C(/C=C\CCC)=NC)cc12. The number of hydrogen-bond donors (Lipinski definition) is 1. The highest BCUT2D eigenvalue weighted by Crippen LogP contribution is 2.32. The molecule has 0 atom stereocenters. The topological polar surface area (TPSA) is 81.0 Å². The Kier molecular flexibility index (Phi) is 14.8. The third kappa shape index (κ3) is 10.1. The van der Waals surface area contributed by atoms with Crippen LogP contribution in [0.1, 0.15) is 72.3 Å². The van der Waals surface area contributed by atoms with Gasteiger partial charge in [-0.1, -0.05) is 52.3 Å². The molecule has 2 heterocycles. The fourth-order valence-corrected chi connectivity index (χ4v) is 4.10. The molecule has 1 N–H and O–H groups in total. The molecule has 1 fully saturated rings. The summed E-state index contributed by atoms with van der Waals surface area (Å²) in [5, 5.41) is 4.45. The first kappa shape index (κ1) is 31.9. The molecule has 0 unspecified atom stereocenters. The molecular formula is C32H47N5O2. The van der Waals surface area contributed by atoms with Gasteiger partial charge in [-0.15, -0.1) is 0 Å². The summed E-state index contributed by atoms with van der Waals surface area (Å²) in [4.78, 5) is 18.0. The van der Waals surface area contributed by atoms with E-state index in [1.165, 1.54) is 5.57 Å². The zero-order valence-corrected chi connectivity index (χ0v) is 25.0. The van der Waals surface area contributed by atoms with E-state index in [-0.39, 0.29) is 6.10 Å². The van der Waals surface area contributed by atoms with Crippen LogP contribution >= 0.6 is 0 Å². The maximum Gasteiger partial charge on any atom is 0.146 e. The summed E-state index contributed by atoms with van der Waals surface area (Å²) >= 11 is 0. The molecule has 1 aliphatic rings. The minimum atomic E-state index is 0.101. The van der Waals surface area contributed by atoms with E-state index in [1.54, 1.807) is 13.4 Å². The van der Waals surface area contributed by atoms with Crippen LogP contribution in [0.5, 0.6) is 5.75 Å². The first-order chi connectivity index (χ1) is 19.1. The van der Waals surface area contributed by atoms with Gasteiger partial charge < -0.3 is 14.8 Å². The van der Waals surface area contributed by atoms with Crippen molar-refractivity contribution in [2.24, 2.45) is 9.98 Å². The lowest BCUT2D eigenvalue weighted by Gasteiger charge is -2.24. The lowest BCUT2D eigenvalue weighted by atomic mass is 10.0. The van der Waals surface area contributed by atoms with Gasteiger partial charge in [0.25, 0.3) is 0 Å². The Morgan fingerprint density at radius 1 is 1.08 bits per heavy atom. The highest BCUT2D eigenvalue weighted by molar-refractivity contribution is 6.11. The van der Waals surface area contributed by atoms with Gasteiger partial charge >= 0.3 is 0 Å². The van der Waals surface area contributed by atoms with Crippen LogP contribution in [0.2, 0.25) is 0 Å². The summed E-state index contributed by atoms with van der Waals surface area (Å²) in [6, 6.07) is 4.17. The Morgan fingerprint density at radius 3 is 2.51 bits per heavy atom. The second kappa shape index (κ2) is 18.1.